The van der Waals surface area contributed by atoms with E-state index >= 15 is 0 Å². The highest BCUT2D eigenvalue weighted by Crippen LogP contribution is 2.29. The molecule has 0 saturated heterocycles. The van der Waals surface area contributed by atoms with Gasteiger partial charge in [-0.3, -0.25) is 4.98 Å². The quantitative estimate of drug-likeness (QED) is 0.853. The first-order valence-electron chi connectivity index (χ1n) is 3.65. The number of hydrogen-bond donors (Lipinski definition) is 1. The second-order valence-electron chi connectivity index (χ2n) is 2.52. The summed E-state index contributed by atoms with van der Waals surface area (Å²) in [5, 5.41) is 8.42. The number of anilines is 1. The van der Waals surface area contributed by atoms with Gasteiger partial charge in [-0.25, -0.2) is 8.78 Å². The highest BCUT2D eigenvalue weighted by Gasteiger charge is 2.16. The van der Waals surface area contributed by atoms with Gasteiger partial charge in [-0.05, 0) is 22.6 Å². The number of nitriles is 1. The van der Waals surface area contributed by atoms with Crippen LogP contribution in [0, 0.1) is 14.9 Å². The van der Waals surface area contributed by atoms with Crippen LogP contribution in [0.3, 0.4) is 0 Å². The minimum absolute atomic E-state index is 0.0331. The van der Waals surface area contributed by atoms with Gasteiger partial charge in [0.2, 0.25) is 0 Å². The molecule has 0 aliphatic heterocycles. The van der Waals surface area contributed by atoms with Crippen LogP contribution >= 0.6 is 22.6 Å². The molecule has 2 N–H and O–H groups in total. The number of nitrogens with two attached hydrogens (primary N) is 1. The van der Waals surface area contributed by atoms with Crippen molar-refractivity contribution in [3.8, 4) is 6.07 Å². The Balaban J connectivity index is 3.20. The first kappa shape index (κ1) is 11.1. The van der Waals surface area contributed by atoms with Gasteiger partial charge in [0.25, 0.3) is 6.43 Å². The summed E-state index contributed by atoms with van der Waals surface area (Å²) in [4.78, 5) is 3.72. The van der Waals surface area contributed by atoms with Crippen LogP contribution in [0.15, 0.2) is 6.20 Å². The summed E-state index contributed by atoms with van der Waals surface area (Å²) < 4.78 is 25.0. The second kappa shape index (κ2) is 4.50. The van der Waals surface area contributed by atoms with Crippen LogP contribution in [-0.2, 0) is 6.42 Å². The monoisotopic (exact) mass is 309 g/mol. The van der Waals surface area contributed by atoms with Gasteiger partial charge < -0.3 is 5.73 Å². The summed E-state index contributed by atoms with van der Waals surface area (Å²) in [6.07, 6.45) is -1.49. The van der Waals surface area contributed by atoms with Gasteiger partial charge in [0.15, 0.2) is 0 Å². The fourth-order valence-corrected chi connectivity index (χ4v) is 1.61. The van der Waals surface area contributed by atoms with E-state index in [4.69, 9.17) is 11.0 Å². The summed E-state index contributed by atoms with van der Waals surface area (Å²) in [6, 6.07) is 1.87. The third-order valence-electron chi connectivity index (χ3n) is 1.64. The van der Waals surface area contributed by atoms with Crippen LogP contribution in [0.5, 0.6) is 0 Å². The Hall–Kier alpha value is -0.970. The van der Waals surface area contributed by atoms with Crippen molar-refractivity contribution in [3.63, 3.8) is 0 Å². The summed E-state index contributed by atoms with van der Waals surface area (Å²) in [5.41, 5.74) is 5.88. The molecular formula is C8H6F2IN3. The van der Waals surface area contributed by atoms with Crippen molar-refractivity contribution in [2.24, 2.45) is 0 Å². The van der Waals surface area contributed by atoms with Gasteiger partial charge in [0.1, 0.15) is 0 Å². The zero-order valence-corrected chi connectivity index (χ0v) is 9.12. The van der Waals surface area contributed by atoms with Gasteiger partial charge in [-0.15, -0.1) is 0 Å². The van der Waals surface area contributed by atoms with E-state index in [-0.39, 0.29) is 21.2 Å². The SMILES string of the molecule is N#CCc1ncc(C(F)F)c(I)c1N. The molecule has 74 valence electrons. The molecule has 1 heterocycles. The summed E-state index contributed by atoms with van der Waals surface area (Å²) in [6.45, 7) is 0. The average Bonchev–Trinajstić information content (AvgIpc) is 2.13. The zero-order valence-electron chi connectivity index (χ0n) is 6.97. The van der Waals surface area contributed by atoms with Crippen LogP contribution in [0.2, 0.25) is 0 Å². The van der Waals surface area contributed by atoms with E-state index in [1.165, 1.54) is 0 Å². The maximum absolute atomic E-state index is 12.4. The highest BCUT2D eigenvalue weighted by molar-refractivity contribution is 14.1. The smallest absolute Gasteiger partial charge is 0.266 e. The van der Waals surface area contributed by atoms with Crippen LogP contribution in [-0.4, -0.2) is 4.98 Å². The van der Waals surface area contributed by atoms with E-state index in [1.54, 1.807) is 22.6 Å². The fourth-order valence-electron chi connectivity index (χ4n) is 0.924. The van der Waals surface area contributed by atoms with Crippen LogP contribution in [0.1, 0.15) is 17.7 Å². The number of rotatable bonds is 2. The van der Waals surface area contributed by atoms with Gasteiger partial charge in [0, 0.05) is 9.77 Å². The average molecular weight is 309 g/mol. The van der Waals surface area contributed by atoms with Gasteiger partial charge in [0.05, 0.1) is 29.4 Å². The molecule has 0 aliphatic rings. The predicted octanol–water partition coefficient (Wildman–Crippen LogP) is 2.27. The summed E-state index contributed by atoms with van der Waals surface area (Å²) in [7, 11) is 0. The lowest BCUT2D eigenvalue weighted by Gasteiger charge is -2.08. The third-order valence-corrected chi connectivity index (χ3v) is 2.85. The molecule has 0 spiro atoms. The van der Waals surface area contributed by atoms with Crippen molar-refractivity contribution in [2.75, 3.05) is 5.73 Å². The molecule has 6 heteroatoms. The molecule has 0 amide bonds. The van der Waals surface area contributed by atoms with Gasteiger partial charge in [-0.1, -0.05) is 0 Å². The topological polar surface area (TPSA) is 62.7 Å². The predicted molar refractivity (Wildman–Crippen MR) is 55.6 cm³/mol. The Kier molecular flexibility index (Phi) is 3.57. The van der Waals surface area contributed by atoms with Crippen molar-refractivity contribution in [1.82, 2.24) is 4.98 Å². The van der Waals surface area contributed by atoms with Crippen molar-refractivity contribution in [2.45, 2.75) is 12.8 Å². The number of pyridine rings is 1. The van der Waals surface area contributed by atoms with Crippen LogP contribution in [0.25, 0.3) is 0 Å². The largest absolute Gasteiger partial charge is 0.396 e. The number of halogens is 3. The lowest BCUT2D eigenvalue weighted by Crippen LogP contribution is -2.03. The van der Waals surface area contributed by atoms with Crippen molar-refractivity contribution < 1.29 is 8.78 Å². The van der Waals surface area contributed by atoms with Crippen molar-refractivity contribution in [3.05, 3.63) is 21.0 Å². The number of nitrogens with zero attached hydrogens (tertiary/aromatic N) is 2. The number of hydrogen-bond acceptors (Lipinski definition) is 3. The van der Waals surface area contributed by atoms with Crippen LogP contribution in [0.4, 0.5) is 14.5 Å². The van der Waals surface area contributed by atoms with Crippen LogP contribution < -0.4 is 5.73 Å². The Morgan fingerprint density at radius 2 is 2.29 bits per heavy atom. The van der Waals surface area contributed by atoms with E-state index in [2.05, 4.69) is 4.98 Å². The maximum Gasteiger partial charge on any atom is 0.266 e. The Labute approximate surface area is 93.1 Å². The van der Waals surface area contributed by atoms with E-state index in [1.807, 2.05) is 6.07 Å². The Bertz CT molecular complexity index is 387. The molecule has 0 aromatic carbocycles. The minimum Gasteiger partial charge on any atom is -0.396 e. The first-order valence-corrected chi connectivity index (χ1v) is 4.73. The molecule has 0 saturated carbocycles. The van der Waals surface area contributed by atoms with Crippen molar-refractivity contribution >= 4 is 28.3 Å². The summed E-state index contributed by atoms with van der Waals surface area (Å²) >= 11 is 1.73. The van der Waals surface area contributed by atoms with E-state index in [0.717, 1.165) is 6.20 Å². The molecule has 0 bridgehead atoms. The first-order chi connectivity index (χ1) is 6.57. The molecule has 3 nitrogen and oxygen atoms in total. The highest BCUT2D eigenvalue weighted by atomic mass is 127. The molecule has 0 fully saturated rings. The second-order valence-corrected chi connectivity index (χ2v) is 3.60. The molecule has 14 heavy (non-hydrogen) atoms. The van der Waals surface area contributed by atoms with Crippen molar-refractivity contribution in [1.29, 1.82) is 5.26 Å². The molecular weight excluding hydrogens is 303 g/mol. The fraction of sp³-hybridized carbons (Fsp3) is 0.250. The number of alkyl halides is 2. The standard InChI is InChI=1S/C8H6F2IN3/c9-8(10)4-3-14-5(1-2-12)7(13)6(4)11/h3,8H,1,13H2. The molecule has 0 radical (unpaired) electrons. The number of aromatic nitrogens is 1. The third kappa shape index (κ3) is 2.09. The molecule has 1 aromatic heterocycles. The number of nitrogen functional groups attached to an aromatic ring is 1. The lowest BCUT2D eigenvalue weighted by atomic mass is 10.2. The molecule has 0 atom stereocenters. The molecule has 0 unspecified atom stereocenters. The van der Waals surface area contributed by atoms with Gasteiger partial charge >= 0.3 is 0 Å². The Morgan fingerprint density at radius 3 is 2.79 bits per heavy atom. The minimum atomic E-state index is -2.59. The maximum atomic E-state index is 12.4. The summed E-state index contributed by atoms with van der Waals surface area (Å²) in [5.74, 6) is 0. The van der Waals surface area contributed by atoms with E-state index in [0.29, 0.717) is 5.69 Å². The van der Waals surface area contributed by atoms with E-state index in [9.17, 15) is 8.78 Å². The molecule has 1 rings (SSSR count). The Morgan fingerprint density at radius 1 is 1.64 bits per heavy atom. The lowest BCUT2D eigenvalue weighted by molar-refractivity contribution is 0.150. The molecule has 1 aromatic rings. The normalized spacial score (nSPS) is 10.2. The zero-order chi connectivity index (χ0) is 10.7. The molecule has 0 aliphatic carbocycles. The van der Waals surface area contributed by atoms with Gasteiger partial charge in [-0.2, -0.15) is 5.26 Å². The van der Waals surface area contributed by atoms with E-state index < -0.39 is 6.43 Å².